The summed E-state index contributed by atoms with van der Waals surface area (Å²) in [5.41, 5.74) is -4.78. The van der Waals surface area contributed by atoms with Crippen molar-refractivity contribution in [3.05, 3.63) is 67.2 Å². The van der Waals surface area contributed by atoms with Crippen LogP contribution in [0.5, 0.6) is 0 Å². The molecule has 0 amide bonds. The number of nitrogens with zero attached hydrogens (tertiary/aromatic N) is 1. The second-order valence-corrected chi connectivity index (χ2v) is 7.08. The van der Waals surface area contributed by atoms with Gasteiger partial charge in [0.15, 0.2) is 0 Å². The van der Waals surface area contributed by atoms with Crippen LogP contribution in [0.4, 0.5) is 32.0 Å². The van der Waals surface area contributed by atoms with Gasteiger partial charge in [-0.1, -0.05) is 52.5 Å². The summed E-state index contributed by atoms with van der Waals surface area (Å²) in [7, 11) is 0. The van der Waals surface area contributed by atoms with Gasteiger partial charge in [0, 0.05) is 10.6 Å². The van der Waals surface area contributed by atoms with E-state index in [1.54, 1.807) is 0 Å². The predicted molar refractivity (Wildman–Crippen MR) is 100 cm³/mol. The van der Waals surface area contributed by atoms with E-state index in [2.05, 4.69) is 0 Å². The molecule has 0 unspecified atom stereocenters. The van der Waals surface area contributed by atoms with Gasteiger partial charge < -0.3 is 5.32 Å². The Balaban J connectivity index is 2.70. The quantitative estimate of drug-likeness (QED) is 0.345. The third kappa shape index (κ3) is 5.43. The second kappa shape index (κ2) is 8.52. The first-order chi connectivity index (χ1) is 13.3. The van der Waals surface area contributed by atoms with Crippen LogP contribution in [0.2, 0.25) is 20.1 Å². The van der Waals surface area contributed by atoms with E-state index in [1.807, 2.05) is 5.32 Å². The average Bonchev–Trinajstić information content (AvgIpc) is 2.56. The second-order valence-electron chi connectivity index (χ2n) is 5.42. The number of hydrogen-bond acceptors (Lipinski definition) is 2. The van der Waals surface area contributed by atoms with Gasteiger partial charge in [-0.25, -0.2) is 0 Å². The molecule has 2 rings (SSSR count). The minimum Gasteiger partial charge on any atom is -0.348 e. The molecule has 12 heteroatoms. The molecule has 154 valence electrons. The molecule has 2 aromatic carbocycles. The van der Waals surface area contributed by atoms with Crippen LogP contribution in [0.1, 0.15) is 11.1 Å². The number of rotatable bonds is 3. The van der Waals surface area contributed by atoms with E-state index in [-0.39, 0.29) is 15.6 Å². The van der Waals surface area contributed by atoms with E-state index >= 15 is 0 Å². The van der Waals surface area contributed by atoms with Crippen molar-refractivity contribution < 1.29 is 26.3 Å². The Bertz CT molecular complexity index is 999. The lowest BCUT2D eigenvalue weighted by Crippen LogP contribution is -2.21. The fraction of sp³-hybridized carbons (Fsp3) is 0.118. The van der Waals surface area contributed by atoms with Crippen molar-refractivity contribution in [3.63, 3.8) is 0 Å². The molecule has 0 aromatic heterocycles. The third-order valence-corrected chi connectivity index (χ3v) is 4.61. The lowest BCUT2D eigenvalue weighted by atomic mass is 10.0. The van der Waals surface area contributed by atoms with E-state index in [4.69, 9.17) is 46.4 Å². The Hall–Kier alpha value is -1.79. The average molecular weight is 494 g/mol. The summed E-state index contributed by atoms with van der Waals surface area (Å²) < 4.78 is 79.4. The molecule has 0 aliphatic carbocycles. The number of alkyl halides is 6. The number of nitriles is 1. The Morgan fingerprint density at radius 1 is 0.862 bits per heavy atom. The van der Waals surface area contributed by atoms with Gasteiger partial charge in [0.1, 0.15) is 11.8 Å². The summed E-state index contributed by atoms with van der Waals surface area (Å²) in [6.45, 7) is 0. The van der Waals surface area contributed by atoms with Gasteiger partial charge >= 0.3 is 12.4 Å². The molecule has 0 bridgehead atoms. The van der Waals surface area contributed by atoms with Gasteiger partial charge in [0.05, 0.1) is 31.9 Å². The molecule has 2 aromatic rings. The smallest absolute Gasteiger partial charge is 0.348 e. The van der Waals surface area contributed by atoms with E-state index in [9.17, 15) is 31.6 Å². The molecule has 1 N–H and O–H groups in total. The molecule has 0 saturated heterocycles. The molecule has 2 nitrogen and oxygen atoms in total. The molecule has 0 atom stereocenters. The number of benzene rings is 2. The lowest BCUT2D eigenvalue weighted by molar-refractivity contribution is -0.137. The maximum atomic E-state index is 13.7. The summed E-state index contributed by atoms with van der Waals surface area (Å²) in [6.07, 6.45) is -9.95. The van der Waals surface area contributed by atoms with Crippen LogP contribution in [0.3, 0.4) is 0 Å². The zero-order valence-electron chi connectivity index (χ0n) is 13.6. The molecule has 0 heterocycles. The van der Waals surface area contributed by atoms with Crippen LogP contribution < -0.4 is 5.32 Å². The first-order valence-electron chi connectivity index (χ1n) is 7.26. The first-order valence-corrected chi connectivity index (χ1v) is 8.77. The van der Waals surface area contributed by atoms with Gasteiger partial charge in [-0.2, -0.15) is 31.6 Å². The number of nitrogens with one attached hydrogen (secondary N) is 1. The Labute approximate surface area is 180 Å². The van der Waals surface area contributed by atoms with Crippen LogP contribution in [0.25, 0.3) is 5.57 Å². The minimum atomic E-state index is -5.14. The van der Waals surface area contributed by atoms with Crippen molar-refractivity contribution >= 4 is 57.7 Å². The van der Waals surface area contributed by atoms with Crippen LogP contribution in [-0.2, 0) is 6.18 Å². The molecule has 0 aliphatic heterocycles. The van der Waals surface area contributed by atoms with E-state index < -0.39 is 44.9 Å². The predicted octanol–water partition coefficient (Wildman–Crippen LogP) is 8.23. The standard InChI is InChI=1S/C17H6Cl4F6N2/c18-8-1-2-9(11(19)5-8)10(6-28)15(17(25,26)27)29-14-12(20)3-7(4-13(14)21)16(22,23)24/h1-5,29H. The lowest BCUT2D eigenvalue weighted by Gasteiger charge is -2.20. The van der Waals surface area contributed by atoms with Crippen LogP contribution in [0.15, 0.2) is 36.0 Å². The molecule has 29 heavy (non-hydrogen) atoms. The summed E-state index contributed by atoms with van der Waals surface area (Å²) in [6, 6.07) is 5.63. The Kier molecular flexibility index (Phi) is 6.90. The maximum Gasteiger partial charge on any atom is 0.432 e. The first kappa shape index (κ1) is 23.5. The SMILES string of the molecule is N#CC(=C(Nc1c(Cl)cc(C(F)(F)F)cc1Cl)C(F)(F)F)c1ccc(Cl)cc1Cl. The van der Waals surface area contributed by atoms with Gasteiger partial charge in [-0.05, 0) is 24.3 Å². The molecular formula is C17H6Cl4F6N2. The zero-order chi connectivity index (χ0) is 22.1. The van der Waals surface area contributed by atoms with Crippen molar-refractivity contribution in [1.29, 1.82) is 5.26 Å². The third-order valence-electron chi connectivity index (χ3n) is 3.47. The number of halogens is 10. The van der Waals surface area contributed by atoms with E-state index in [0.29, 0.717) is 12.1 Å². The highest BCUT2D eigenvalue weighted by molar-refractivity contribution is 6.39. The molecule has 0 fully saturated rings. The van der Waals surface area contributed by atoms with Crippen LogP contribution in [-0.4, -0.2) is 6.18 Å². The van der Waals surface area contributed by atoms with E-state index in [1.165, 1.54) is 12.1 Å². The molecular weight excluding hydrogens is 488 g/mol. The highest BCUT2D eigenvalue weighted by Crippen LogP contribution is 2.42. The summed E-state index contributed by atoms with van der Waals surface area (Å²) >= 11 is 23.0. The zero-order valence-corrected chi connectivity index (χ0v) is 16.6. The Morgan fingerprint density at radius 3 is 1.83 bits per heavy atom. The maximum absolute atomic E-state index is 13.7. The largest absolute Gasteiger partial charge is 0.432 e. The summed E-state index contributed by atoms with van der Waals surface area (Å²) in [5.74, 6) is 0. The topological polar surface area (TPSA) is 35.8 Å². The molecule has 0 radical (unpaired) electrons. The summed E-state index contributed by atoms with van der Waals surface area (Å²) in [4.78, 5) is 0. The van der Waals surface area contributed by atoms with Gasteiger partial charge in [0.2, 0.25) is 0 Å². The molecule has 0 aliphatic rings. The fourth-order valence-corrected chi connectivity index (χ4v) is 3.28. The molecule has 0 spiro atoms. The number of hydrogen-bond donors (Lipinski definition) is 1. The van der Waals surface area contributed by atoms with E-state index in [0.717, 1.165) is 12.1 Å². The van der Waals surface area contributed by atoms with Crippen molar-refractivity contribution in [2.75, 3.05) is 5.32 Å². The highest BCUT2D eigenvalue weighted by Gasteiger charge is 2.39. The highest BCUT2D eigenvalue weighted by atomic mass is 35.5. The van der Waals surface area contributed by atoms with Crippen molar-refractivity contribution in [3.8, 4) is 6.07 Å². The van der Waals surface area contributed by atoms with Gasteiger partial charge in [-0.3, -0.25) is 0 Å². The monoisotopic (exact) mass is 492 g/mol. The van der Waals surface area contributed by atoms with Crippen molar-refractivity contribution in [2.24, 2.45) is 0 Å². The van der Waals surface area contributed by atoms with Gasteiger partial charge in [-0.15, -0.1) is 0 Å². The fourth-order valence-electron chi connectivity index (χ4n) is 2.20. The minimum absolute atomic E-state index is 0.117. The van der Waals surface area contributed by atoms with Crippen LogP contribution in [0, 0.1) is 11.3 Å². The molecule has 0 saturated carbocycles. The van der Waals surface area contributed by atoms with Gasteiger partial charge in [0.25, 0.3) is 0 Å². The van der Waals surface area contributed by atoms with Crippen LogP contribution >= 0.6 is 46.4 Å². The normalized spacial score (nSPS) is 13.0. The number of allylic oxidation sites excluding steroid dienone is 2. The summed E-state index contributed by atoms with van der Waals surface area (Å²) in [5, 5.41) is 9.56. The van der Waals surface area contributed by atoms with Crippen molar-refractivity contribution in [2.45, 2.75) is 12.4 Å². The number of anilines is 1. The Morgan fingerprint density at radius 2 is 1.41 bits per heavy atom. The van der Waals surface area contributed by atoms with Crippen molar-refractivity contribution in [1.82, 2.24) is 0 Å².